The van der Waals surface area contributed by atoms with Gasteiger partial charge in [0.15, 0.2) is 0 Å². The van der Waals surface area contributed by atoms with E-state index in [9.17, 15) is 14.0 Å². The second kappa shape index (κ2) is 8.82. The Hall–Kier alpha value is -2.28. The van der Waals surface area contributed by atoms with Crippen molar-refractivity contribution >= 4 is 17.5 Å². The van der Waals surface area contributed by atoms with Crippen LogP contribution in [-0.2, 0) is 19.2 Å². The number of carbonyl (C=O) groups excluding carboxylic acids is 2. The molecule has 6 nitrogen and oxygen atoms in total. The minimum absolute atomic E-state index is 0.0821. The number of piperidine rings is 1. The van der Waals surface area contributed by atoms with E-state index in [0.29, 0.717) is 39.0 Å². The number of Topliss-reactive ketones (excluding diaryl/α,β-unsaturated/α-hetero) is 1. The molecule has 2 aliphatic rings. The lowest BCUT2D eigenvalue weighted by Crippen LogP contribution is -2.51. The Morgan fingerprint density at radius 1 is 1.36 bits per heavy atom. The average molecular weight is 390 g/mol. The predicted octanol–water partition coefficient (Wildman–Crippen LogP) is 2.94. The van der Waals surface area contributed by atoms with Crippen molar-refractivity contribution in [1.82, 2.24) is 4.90 Å². The molecule has 0 bridgehead atoms. The maximum absolute atomic E-state index is 13.1. The van der Waals surface area contributed by atoms with Crippen molar-refractivity contribution in [1.29, 1.82) is 0 Å². The molecule has 152 valence electrons. The lowest BCUT2D eigenvalue weighted by molar-refractivity contribution is -0.162. The average Bonchev–Trinajstić information content (AvgIpc) is 3.10. The third-order valence-corrected chi connectivity index (χ3v) is 5.34. The van der Waals surface area contributed by atoms with E-state index in [0.717, 1.165) is 24.2 Å². The van der Waals surface area contributed by atoms with E-state index < -0.39 is 5.41 Å². The predicted molar refractivity (Wildman–Crippen MR) is 102 cm³/mol. The molecule has 0 spiro atoms. The van der Waals surface area contributed by atoms with Crippen LogP contribution in [-0.4, -0.2) is 54.7 Å². The van der Waals surface area contributed by atoms with E-state index in [4.69, 9.17) is 9.57 Å². The van der Waals surface area contributed by atoms with Crippen molar-refractivity contribution in [3.63, 3.8) is 0 Å². The van der Waals surface area contributed by atoms with Crippen LogP contribution in [0.5, 0.6) is 0 Å². The van der Waals surface area contributed by atoms with Gasteiger partial charge in [-0.25, -0.2) is 4.39 Å². The molecule has 0 saturated carbocycles. The van der Waals surface area contributed by atoms with Crippen molar-refractivity contribution in [3.8, 4) is 0 Å². The first-order valence-corrected chi connectivity index (χ1v) is 9.79. The smallest absolute Gasteiger partial charge is 0.313 e. The van der Waals surface area contributed by atoms with Gasteiger partial charge >= 0.3 is 5.97 Å². The summed E-state index contributed by atoms with van der Waals surface area (Å²) >= 11 is 0. The molecule has 7 heteroatoms. The lowest BCUT2D eigenvalue weighted by Gasteiger charge is -2.41. The first kappa shape index (κ1) is 20.5. The molecular formula is C21H27FN2O4. The van der Waals surface area contributed by atoms with Crippen molar-refractivity contribution in [2.45, 2.75) is 45.6 Å². The highest BCUT2D eigenvalue weighted by molar-refractivity contribution is 6.01. The van der Waals surface area contributed by atoms with Gasteiger partial charge < -0.3 is 9.57 Å². The molecule has 0 aliphatic carbocycles. The number of hydrogen-bond acceptors (Lipinski definition) is 6. The lowest BCUT2D eigenvalue weighted by atomic mass is 9.74. The maximum Gasteiger partial charge on any atom is 0.313 e. The molecule has 0 N–H and O–H groups in total. The topological polar surface area (TPSA) is 68.2 Å². The Morgan fingerprint density at radius 3 is 2.79 bits per heavy atom. The standard InChI is InChI=1S/C21H27FN2O4/c1-3-27-20(26)21(9-4-10-24(14-21)13-15(2)25)12-18-11-19(23-28-18)16-5-7-17(22)8-6-16/h5-8,18H,3-4,9-14H2,1-2H3/t18-,21+/m0/s1. The van der Waals surface area contributed by atoms with Gasteiger partial charge in [-0.15, -0.1) is 0 Å². The molecule has 0 unspecified atom stereocenters. The van der Waals surface area contributed by atoms with Crippen molar-refractivity contribution < 1.29 is 23.6 Å². The van der Waals surface area contributed by atoms with Crippen LogP contribution in [0, 0.1) is 11.2 Å². The van der Waals surface area contributed by atoms with Crippen LogP contribution >= 0.6 is 0 Å². The zero-order chi connectivity index (χ0) is 20.1. The summed E-state index contributed by atoms with van der Waals surface area (Å²) in [6.45, 7) is 5.29. The Labute approximate surface area is 164 Å². The quantitative estimate of drug-likeness (QED) is 0.670. The fourth-order valence-corrected chi connectivity index (χ4v) is 4.16. The monoisotopic (exact) mass is 390 g/mol. The van der Waals surface area contributed by atoms with Gasteiger partial charge in [0, 0.05) is 19.4 Å². The van der Waals surface area contributed by atoms with Gasteiger partial charge in [-0.05, 0) is 50.9 Å². The zero-order valence-corrected chi connectivity index (χ0v) is 16.4. The minimum atomic E-state index is -0.706. The molecule has 1 fully saturated rings. The number of nitrogens with zero attached hydrogens (tertiary/aromatic N) is 2. The van der Waals surface area contributed by atoms with Crippen molar-refractivity contribution in [2.24, 2.45) is 10.6 Å². The molecular weight excluding hydrogens is 363 g/mol. The summed E-state index contributed by atoms with van der Waals surface area (Å²) in [6.07, 6.45) is 2.31. The Morgan fingerprint density at radius 2 is 2.11 bits per heavy atom. The van der Waals surface area contributed by atoms with Crippen molar-refractivity contribution in [2.75, 3.05) is 26.2 Å². The summed E-state index contributed by atoms with van der Waals surface area (Å²) < 4.78 is 18.5. The van der Waals surface area contributed by atoms with Gasteiger partial charge in [0.1, 0.15) is 17.7 Å². The highest BCUT2D eigenvalue weighted by atomic mass is 19.1. The van der Waals surface area contributed by atoms with E-state index >= 15 is 0 Å². The van der Waals surface area contributed by atoms with Crippen molar-refractivity contribution in [3.05, 3.63) is 35.6 Å². The van der Waals surface area contributed by atoms with Gasteiger partial charge in [-0.1, -0.05) is 17.3 Å². The number of ketones is 1. The van der Waals surface area contributed by atoms with Gasteiger partial charge in [-0.2, -0.15) is 0 Å². The van der Waals surface area contributed by atoms with E-state index in [2.05, 4.69) is 5.16 Å². The molecule has 2 atom stereocenters. The molecule has 3 rings (SSSR count). The van der Waals surface area contributed by atoms with Crippen LogP contribution in [0.1, 0.15) is 45.1 Å². The summed E-state index contributed by atoms with van der Waals surface area (Å²) in [5.74, 6) is -0.449. The van der Waals surface area contributed by atoms with E-state index in [1.54, 1.807) is 26.0 Å². The number of carbonyl (C=O) groups is 2. The van der Waals surface area contributed by atoms with Crippen LogP contribution in [0.25, 0.3) is 0 Å². The molecule has 1 aromatic rings. The van der Waals surface area contributed by atoms with Crippen LogP contribution < -0.4 is 0 Å². The largest absolute Gasteiger partial charge is 0.466 e. The van der Waals surface area contributed by atoms with Crippen LogP contribution in [0.4, 0.5) is 4.39 Å². The third kappa shape index (κ3) is 4.76. The number of esters is 1. The number of benzene rings is 1. The Kier molecular flexibility index (Phi) is 6.44. The first-order valence-electron chi connectivity index (χ1n) is 9.79. The highest BCUT2D eigenvalue weighted by Crippen LogP contribution is 2.39. The fourth-order valence-electron chi connectivity index (χ4n) is 4.16. The van der Waals surface area contributed by atoms with Gasteiger partial charge in [0.2, 0.25) is 0 Å². The summed E-state index contributed by atoms with van der Waals surface area (Å²) in [6, 6.07) is 6.14. The van der Waals surface area contributed by atoms with E-state index in [1.807, 2.05) is 4.90 Å². The number of rotatable bonds is 7. The summed E-state index contributed by atoms with van der Waals surface area (Å²) in [7, 11) is 0. The number of halogens is 1. The fraction of sp³-hybridized carbons (Fsp3) is 0.571. The van der Waals surface area contributed by atoms with Crippen LogP contribution in [0.15, 0.2) is 29.4 Å². The summed E-state index contributed by atoms with van der Waals surface area (Å²) in [4.78, 5) is 32.1. The minimum Gasteiger partial charge on any atom is -0.466 e. The number of likely N-dealkylation sites (tertiary alicyclic amines) is 1. The van der Waals surface area contributed by atoms with Crippen LogP contribution in [0.2, 0.25) is 0 Å². The molecule has 2 aliphatic heterocycles. The second-order valence-electron chi connectivity index (χ2n) is 7.70. The normalized spacial score (nSPS) is 25.1. The summed E-state index contributed by atoms with van der Waals surface area (Å²) in [5, 5.41) is 4.16. The second-order valence-corrected chi connectivity index (χ2v) is 7.70. The molecule has 1 aromatic carbocycles. The molecule has 1 saturated heterocycles. The highest BCUT2D eigenvalue weighted by Gasteiger charge is 2.46. The molecule has 2 heterocycles. The zero-order valence-electron chi connectivity index (χ0n) is 16.4. The number of ether oxygens (including phenoxy) is 1. The molecule has 0 amide bonds. The molecule has 0 radical (unpaired) electrons. The summed E-state index contributed by atoms with van der Waals surface area (Å²) in [5.41, 5.74) is 0.860. The van der Waals surface area contributed by atoms with Gasteiger partial charge in [0.25, 0.3) is 0 Å². The number of oxime groups is 1. The third-order valence-electron chi connectivity index (χ3n) is 5.34. The van der Waals surface area contributed by atoms with E-state index in [-0.39, 0.29) is 23.7 Å². The Bertz CT molecular complexity index is 749. The maximum atomic E-state index is 13.1. The SMILES string of the molecule is CCOC(=O)[C@@]1(C[C@@H]2CC(c3ccc(F)cc3)=NO2)CCCN(CC(C)=O)C1. The van der Waals surface area contributed by atoms with E-state index in [1.165, 1.54) is 12.1 Å². The van der Waals surface area contributed by atoms with Crippen LogP contribution in [0.3, 0.4) is 0 Å². The Balaban J connectivity index is 1.71. The molecule has 0 aromatic heterocycles. The van der Waals surface area contributed by atoms with Gasteiger partial charge in [0.05, 0.1) is 24.3 Å². The van der Waals surface area contributed by atoms with Gasteiger partial charge in [-0.3, -0.25) is 14.5 Å². The molecule has 28 heavy (non-hydrogen) atoms. The first-order chi connectivity index (χ1) is 13.4. The number of hydrogen-bond donors (Lipinski definition) is 0.